The molecular formula is C34H42N6O3. The highest BCUT2D eigenvalue weighted by atomic mass is 16.5. The summed E-state index contributed by atoms with van der Waals surface area (Å²) in [4.78, 5) is 32.7. The van der Waals surface area contributed by atoms with E-state index in [4.69, 9.17) is 19.4 Å². The van der Waals surface area contributed by atoms with Crippen molar-refractivity contribution in [3.05, 3.63) is 60.7 Å². The van der Waals surface area contributed by atoms with Crippen molar-refractivity contribution in [1.82, 2.24) is 29.7 Å². The van der Waals surface area contributed by atoms with Gasteiger partial charge in [0.15, 0.2) is 0 Å². The molecule has 0 fully saturated rings. The minimum Gasteiger partial charge on any atom is -0.494 e. The number of benzene rings is 3. The number of nitrogens with zero attached hydrogens (tertiary/aromatic N) is 4. The number of nitrogens with one attached hydrogen (secondary N) is 2. The number of fused-ring (bicyclic) bond motifs is 2. The number of aromatic nitrogens is 4. The topological polar surface area (TPSA) is 99.4 Å². The summed E-state index contributed by atoms with van der Waals surface area (Å²) >= 11 is 0. The standard InChI is InChI=1S/C34H42N6O3/c1-39(2)18-5-8-26(41)9-6-20-42-27-14-16-29-31(22-27)37-33(35-29)24-10-12-25(13-11-24)34-36-30-17-15-28(23-32(30)38-34)43-21-7-19-40(3)4/h10-17,22-23H,5-9,18-21H2,1-4H3,(H,35,37)(H,36,38). The Morgan fingerprint density at radius 1 is 0.651 bits per heavy atom. The lowest BCUT2D eigenvalue weighted by Gasteiger charge is -2.10. The van der Waals surface area contributed by atoms with Crippen molar-refractivity contribution in [3.8, 4) is 34.3 Å². The molecule has 0 atom stereocenters. The molecule has 0 bridgehead atoms. The Morgan fingerprint density at radius 2 is 1.12 bits per heavy atom. The van der Waals surface area contributed by atoms with Crippen molar-refractivity contribution in [2.75, 3.05) is 54.5 Å². The second-order valence-corrected chi connectivity index (χ2v) is 11.5. The first-order valence-corrected chi connectivity index (χ1v) is 15.0. The lowest BCUT2D eigenvalue weighted by Crippen LogP contribution is -2.15. The number of aromatic amines is 2. The lowest BCUT2D eigenvalue weighted by molar-refractivity contribution is -0.119. The Hall–Kier alpha value is -4.21. The van der Waals surface area contributed by atoms with Crippen molar-refractivity contribution in [1.29, 1.82) is 0 Å². The molecule has 0 saturated carbocycles. The van der Waals surface area contributed by atoms with Crippen LogP contribution in [0.1, 0.15) is 32.1 Å². The van der Waals surface area contributed by atoms with E-state index in [1.165, 1.54) is 0 Å². The molecule has 226 valence electrons. The maximum Gasteiger partial charge on any atom is 0.138 e. The second kappa shape index (κ2) is 14.3. The summed E-state index contributed by atoms with van der Waals surface area (Å²) in [5.74, 6) is 3.52. The third-order valence-electron chi connectivity index (χ3n) is 7.29. The number of H-pyrrole nitrogens is 2. The van der Waals surface area contributed by atoms with E-state index in [1.807, 2.05) is 62.6 Å². The highest BCUT2D eigenvalue weighted by molar-refractivity contribution is 5.83. The smallest absolute Gasteiger partial charge is 0.138 e. The van der Waals surface area contributed by atoms with E-state index in [2.05, 4.69) is 46.0 Å². The van der Waals surface area contributed by atoms with Gasteiger partial charge in [-0.15, -0.1) is 0 Å². The van der Waals surface area contributed by atoms with E-state index in [-0.39, 0.29) is 0 Å². The molecule has 0 unspecified atom stereocenters. The third-order valence-corrected chi connectivity index (χ3v) is 7.29. The van der Waals surface area contributed by atoms with Crippen molar-refractivity contribution in [2.24, 2.45) is 0 Å². The van der Waals surface area contributed by atoms with Gasteiger partial charge in [0.2, 0.25) is 0 Å². The van der Waals surface area contributed by atoms with Gasteiger partial charge in [0.25, 0.3) is 0 Å². The quantitative estimate of drug-likeness (QED) is 0.134. The number of ether oxygens (including phenoxy) is 2. The molecule has 0 aliphatic carbocycles. The summed E-state index contributed by atoms with van der Waals surface area (Å²) in [5, 5.41) is 0. The normalized spacial score (nSPS) is 11.7. The first kappa shape index (κ1) is 30.3. The first-order chi connectivity index (χ1) is 20.8. The van der Waals surface area contributed by atoms with Crippen molar-refractivity contribution >= 4 is 27.9 Å². The zero-order valence-electron chi connectivity index (χ0n) is 25.7. The van der Waals surface area contributed by atoms with Crippen molar-refractivity contribution < 1.29 is 14.3 Å². The minimum atomic E-state index is 0.302. The molecule has 0 radical (unpaired) electrons. The summed E-state index contributed by atoms with van der Waals surface area (Å²) in [6.45, 7) is 3.13. The Morgan fingerprint density at radius 3 is 1.63 bits per heavy atom. The zero-order chi connectivity index (χ0) is 30.2. The lowest BCUT2D eigenvalue weighted by atomic mass is 10.1. The summed E-state index contributed by atoms with van der Waals surface area (Å²) in [7, 11) is 8.18. The number of Topliss-reactive ketones (excluding diaryl/α,β-unsaturated/α-hetero) is 1. The molecule has 9 heteroatoms. The van der Waals surface area contributed by atoms with E-state index in [0.29, 0.717) is 31.8 Å². The summed E-state index contributed by atoms with van der Waals surface area (Å²) in [6, 6.07) is 20.0. The maximum absolute atomic E-state index is 12.1. The summed E-state index contributed by atoms with van der Waals surface area (Å²) in [5.41, 5.74) is 5.62. The van der Waals surface area contributed by atoms with Crippen LogP contribution in [-0.2, 0) is 4.79 Å². The van der Waals surface area contributed by atoms with Crippen LogP contribution in [0.4, 0.5) is 0 Å². The van der Waals surface area contributed by atoms with Crippen LogP contribution in [0.15, 0.2) is 60.7 Å². The summed E-state index contributed by atoms with van der Waals surface area (Å²) < 4.78 is 11.8. The molecule has 2 aromatic heterocycles. The molecule has 2 N–H and O–H groups in total. The monoisotopic (exact) mass is 582 g/mol. The van der Waals surface area contributed by atoms with E-state index in [0.717, 1.165) is 88.7 Å². The van der Waals surface area contributed by atoms with Gasteiger partial charge in [-0.05, 0) is 78.3 Å². The maximum atomic E-state index is 12.1. The van der Waals surface area contributed by atoms with Crippen LogP contribution in [0.2, 0.25) is 0 Å². The molecule has 2 heterocycles. The number of carbonyl (C=O) groups is 1. The van der Waals surface area contributed by atoms with Gasteiger partial charge in [0.1, 0.15) is 28.9 Å². The van der Waals surface area contributed by atoms with Crippen LogP contribution >= 0.6 is 0 Å². The largest absolute Gasteiger partial charge is 0.494 e. The Labute approximate surface area is 253 Å². The van der Waals surface area contributed by atoms with Gasteiger partial charge in [-0.1, -0.05) is 24.3 Å². The Balaban J connectivity index is 1.17. The second-order valence-electron chi connectivity index (χ2n) is 11.5. The van der Waals surface area contributed by atoms with Crippen LogP contribution in [0.5, 0.6) is 11.5 Å². The van der Waals surface area contributed by atoms with Crippen molar-refractivity contribution in [2.45, 2.75) is 32.1 Å². The SMILES string of the molecule is CN(C)CCCOc1ccc2nc(-c3ccc(-c4nc5ccc(OCCCC(=O)CCCN(C)C)cc5[nH]4)cc3)[nH]c2c1. The molecule has 0 amide bonds. The Kier molecular flexibility index (Phi) is 10.1. The highest BCUT2D eigenvalue weighted by Crippen LogP contribution is 2.28. The Bertz CT molecular complexity index is 1640. The van der Waals surface area contributed by atoms with Gasteiger partial charge in [-0.25, -0.2) is 9.97 Å². The molecule has 0 spiro atoms. The van der Waals surface area contributed by atoms with Crippen LogP contribution in [-0.4, -0.2) is 90.0 Å². The van der Waals surface area contributed by atoms with Gasteiger partial charge in [-0.2, -0.15) is 0 Å². The number of carbonyl (C=O) groups excluding carboxylic acids is 1. The number of ketones is 1. The molecule has 3 aromatic carbocycles. The fraction of sp³-hybridized carbons (Fsp3) is 0.382. The van der Waals surface area contributed by atoms with Crippen LogP contribution in [0, 0.1) is 0 Å². The van der Waals surface area contributed by atoms with Gasteiger partial charge >= 0.3 is 0 Å². The van der Waals surface area contributed by atoms with Crippen LogP contribution < -0.4 is 9.47 Å². The van der Waals surface area contributed by atoms with Crippen molar-refractivity contribution in [3.63, 3.8) is 0 Å². The predicted molar refractivity (Wildman–Crippen MR) is 173 cm³/mol. The van der Waals surface area contributed by atoms with Gasteiger partial charge in [0, 0.05) is 42.6 Å². The molecule has 0 aliphatic rings. The van der Waals surface area contributed by atoms with Gasteiger partial charge in [-0.3, -0.25) is 4.79 Å². The zero-order valence-corrected chi connectivity index (χ0v) is 25.7. The van der Waals surface area contributed by atoms with Gasteiger partial charge < -0.3 is 29.2 Å². The van der Waals surface area contributed by atoms with Crippen LogP contribution in [0.3, 0.4) is 0 Å². The third kappa shape index (κ3) is 8.43. The van der Waals surface area contributed by atoms with E-state index in [9.17, 15) is 4.79 Å². The van der Waals surface area contributed by atoms with E-state index >= 15 is 0 Å². The molecule has 5 rings (SSSR count). The highest BCUT2D eigenvalue weighted by Gasteiger charge is 2.10. The predicted octanol–water partition coefficient (Wildman–Crippen LogP) is 6.17. The fourth-order valence-electron chi connectivity index (χ4n) is 4.96. The molecular weight excluding hydrogens is 540 g/mol. The van der Waals surface area contributed by atoms with Gasteiger partial charge in [0.05, 0.1) is 35.3 Å². The summed E-state index contributed by atoms with van der Waals surface area (Å²) in [6.07, 6.45) is 3.79. The number of imidazole rings is 2. The number of hydrogen-bond donors (Lipinski definition) is 2. The van der Waals surface area contributed by atoms with Crippen LogP contribution in [0.25, 0.3) is 44.8 Å². The first-order valence-electron chi connectivity index (χ1n) is 15.0. The molecule has 9 nitrogen and oxygen atoms in total. The molecule has 0 saturated heterocycles. The van der Waals surface area contributed by atoms with E-state index < -0.39 is 0 Å². The fourth-order valence-corrected chi connectivity index (χ4v) is 4.96. The number of rotatable bonds is 16. The average molecular weight is 583 g/mol. The molecule has 0 aliphatic heterocycles. The average Bonchev–Trinajstić information content (AvgIpc) is 3.61. The molecule has 5 aromatic rings. The number of hydrogen-bond acceptors (Lipinski definition) is 7. The molecule has 43 heavy (non-hydrogen) atoms. The minimum absolute atomic E-state index is 0.302. The van der Waals surface area contributed by atoms with E-state index in [1.54, 1.807) is 0 Å².